The van der Waals surface area contributed by atoms with Crippen LogP contribution in [0.2, 0.25) is 0 Å². The molecule has 0 radical (unpaired) electrons. The van der Waals surface area contributed by atoms with Crippen LogP contribution in [0.3, 0.4) is 0 Å². The second-order valence-electron chi connectivity index (χ2n) is 8.04. The summed E-state index contributed by atoms with van der Waals surface area (Å²) in [5.74, 6) is 1.83. The number of aromatic nitrogens is 2. The Balaban J connectivity index is 1.42. The molecule has 6 nitrogen and oxygen atoms in total. The summed E-state index contributed by atoms with van der Waals surface area (Å²) in [6.45, 7) is 7.60. The van der Waals surface area contributed by atoms with E-state index in [4.69, 9.17) is 14.1 Å². The van der Waals surface area contributed by atoms with Crippen molar-refractivity contribution < 1.29 is 13.9 Å². The van der Waals surface area contributed by atoms with Gasteiger partial charge in [0.1, 0.15) is 11.6 Å². The number of ether oxygens (including phenoxy) is 1. The van der Waals surface area contributed by atoms with Gasteiger partial charge in [0.15, 0.2) is 5.76 Å². The average Bonchev–Trinajstić information content (AvgIpc) is 3.45. The number of aryl methyl sites for hydroxylation is 2. The number of rotatable bonds is 9. The summed E-state index contributed by atoms with van der Waals surface area (Å²) in [6, 6.07) is 17.3. The van der Waals surface area contributed by atoms with Gasteiger partial charge >= 0.3 is 0 Å². The van der Waals surface area contributed by atoms with E-state index in [-0.39, 0.29) is 11.9 Å². The van der Waals surface area contributed by atoms with Crippen LogP contribution in [0.15, 0.2) is 65.3 Å². The molecule has 0 fully saturated rings. The van der Waals surface area contributed by atoms with E-state index in [9.17, 15) is 4.79 Å². The minimum Gasteiger partial charge on any atom is -0.493 e. The molecular weight excluding hydrogens is 402 g/mol. The van der Waals surface area contributed by atoms with Gasteiger partial charge in [0, 0.05) is 6.54 Å². The molecule has 0 bridgehead atoms. The van der Waals surface area contributed by atoms with E-state index < -0.39 is 0 Å². The topological polar surface area (TPSA) is 69.3 Å². The number of fused-ring (bicyclic) bond motifs is 1. The lowest BCUT2D eigenvalue weighted by Gasteiger charge is -2.16. The number of nitrogens with one attached hydrogen (secondary N) is 1. The van der Waals surface area contributed by atoms with Crippen molar-refractivity contribution in [2.24, 2.45) is 0 Å². The van der Waals surface area contributed by atoms with Crippen LogP contribution in [0.4, 0.5) is 0 Å². The zero-order valence-electron chi connectivity index (χ0n) is 18.8. The molecule has 1 atom stereocenters. The fraction of sp³-hybridized carbons (Fsp3) is 0.308. The molecule has 32 heavy (non-hydrogen) atoms. The van der Waals surface area contributed by atoms with Crippen molar-refractivity contribution >= 4 is 16.9 Å². The van der Waals surface area contributed by atoms with E-state index in [1.54, 1.807) is 12.1 Å². The predicted octanol–water partition coefficient (Wildman–Crippen LogP) is 5.60. The van der Waals surface area contributed by atoms with Gasteiger partial charge in [0.25, 0.3) is 5.91 Å². The van der Waals surface area contributed by atoms with Crippen molar-refractivity contribution in [1.82, 2.24) is 14.9 Å². The number of hydrogen-bond donors (Lipinski definition) is 1. The summed E-state index contributed by atoms with van der Waals surface area (Å²) in [7, 11) is 0. The molecule has 2 aromatic heterocycles. The van der Waals surface area contributed by atoms with E-state index in [1.165, 1.54) is 17.4 Å². The van der Waals surface area contributed by atoms with Crippen molar-refractivity contribution in [1.29, 1.82) is 0 Å². The van der Waals surface area contributed by atoms with Crippen LogP contribution in [0, 0.1) is 13.8 Å². The molecule has 0 unspecified atom stereocenters. The maximum Gasteiger partial charge on any atom is 0.287 e. The molecule has 1 amide bonds. The highest BCUT2D eigenvalue weighted by Crippen LogP contribution is 2.23. The van der Waals surface area contributed by atoms with Gasteiger partial charge in [-0.05, 0) is 75.1 Å². The fourth-order valence-electron chi connectivity index (χ4n) is 3.83. The van der Waals surface area contributed by atoms with Gasteiger partial charge in [-0.25, -0.2) is 4.98 Å². The molecule has 2 aromatic carbocycles. The highest BCUT2D eigenvalue weighted by Gasteiger charge is 2.20. The number of benzene rings is 2. The molecule has 0 saturated carbocycles. The van der Waals surface area contributed by atoms with Crippen LogP contribution >= 0.6 is 0 Å². The number of nitrogens with zero attached hydrogens (tertiary/aromatic N) is 2. The molecule has 0 spiro atoms. The minimum atomic E-state index is -0.258. The van der Waals surface area contributed by atoms with Crippen molar-refractivity contribution in [3.8, 4) is 5.75 Å². The van der Waals surface area contributed by atoms with Gasteiger partial charge in [-0.1, -0.05) is 24.3 Å². The third-order valence-electron chi connectivity index (χ3n) is 5.75. The van der Waals surface area contributed by atoms with E-state index in [0.29, 0.717) is 12.4 Å². The minimum absolute atomic E-state index is 0.247. The number of carbonyl (C=O) groups excluding carboxylic acids is 1. The van der Waals surface area contributed by atoms with E-state index in [2.05, 4.69) is 35.9 Å². The second-order valence-corrected chi connectivity index (χ2v) is 8.04. The van der Waals surface area contributed by atoms with Crippen molar-refractivity contribution in [3.63, 3.8) is 0 Å². The van der Waals surface area contributed by atoms with Crippen LogP contribution in [-0.4, -0.2) is 22.1 Å². The smallest absolute Gasteiger partial charge is 0.287 e. The van der Waals surface area contributed by atoms with Crippen LogP contribution in [0.5, 0.6) is 5.75 Å². The van der Waals surface area contributed by atoms with E-state index in [1.807, 2.05) is 37.3 Å². The van der Waals surface area contributed by atoms with Crippen LogP contribution in [-0.2, 0) is 6.54 Å². The first-order valence-corrected chi connectivity index (χ1v) is 11.0. The monoisotopic (exact) mass is 431 g/mol. The zero-order valence-corrected chi connectivity index (χ0v) is 18.8. The maximum absolute atomic E-state index is 12.4. The fourth-order valence-corrected chi connectivity index (χ4v) is 3.83. The summed E-state index contributed by atoms with van der Waals surface area (Å²) in [4.78, 5) is 17.2. The Hall–Kier alpha value is -3.54. The molecule has 0 saturated heterocycles. The Kier molecular flexibility index (Phi) is 6.59. The summed E-state index contributed by atoms with van der Waals surface area (Å²) < 4.78 is 13.4. The van der Waals surface area contributed by atoms with Gasteiger partial charge < -0.3 is 19.0 Å². The van der Waals surface area contributed by atoms with Crippen molar-refractivity contribution in [2.45, 2.75) is 46.2 Å². The second kappa shape index (κ2) is 9.73. The number of hydrogen-bond acceptors (Lipinski definition) is 4. The molecule has 1 N–H and O–H groups in total. The third-order valence-corrected chi connectivity index (χ3v) is 5.75. The highest BCUT2D eigenvalue weighted by atomic mass is 16.5. The van der Waals surface area contributed by atoms with Crippen LogP contribution < -0.4 is 10.1 Å². The van der Waals surface area contributed by atoms with Gasteiger partial charge in [-0.3, -0.25) is 4.79 Å². The lowest BCUT2D eigenvalue weighted by molar-refractivity contribution is 0.0909. The standard InChI is InChI=1S/C26H29N3O3/c1-18-10-8-13-23(19(18)2)31-16-7-6-15-29-22-12-5-4-11-21(22)28-25(29)20(3)27-26(30)24-14-9-17-32-24/h4-5,8-14,17,20H,6-7,15-16H2,1-3H3,(H,27,30)/t20-/m0/s1. The van der Waals surface area contributed by atoms with Crippen molar-refractivity contribution in [2.75, 3.05) is 6.61 Å². The molecule has 6 heteroatoms. The first-order chi connectivity index (χ1) is 15.5. The van der Waals surface area contributed by atoms with E-state index in [0.717, 1.165) is 42.0 Å². The third kappa shape index (κ3) is 4.69. The Morgan fingerprint density at radius 2 is 1.94 bits per heavy atom. The molecule has 0 aliphatic carbocycles. The Labute approximate surface area is 188 Å². The first-order valence-electron chi connectivity index (χ1n) is 11.0. The highest BCUT2D eigenvalue weighted by molar-refractivity contribution is 5.91. The Morgan fingerprint density at radius 3 is 2.75 bits per heavy atom. The van der Waals surface area contributed by atoms with Gasteiger partial charge in [-0.2, -0.15) is 0 Å². The quantitative estimate of drug-likeness (QED) is 0.350. The molecule has 2 heterocycles. The van der Waals surface area contributed by atoms with Gasteiger partial charge in [-0.15, -0.1) is 0 Å². The lowest BCUT2D eigenvalue weighted by Crippen LogP contribution is -2.28. The maximum atomic E-state index is 12.4. The van der Waals surface area contributed by atoms with Gasteiger partial charge in [0.2, 0.25) is 0 Å². The number of imidazole rings is 1. The number of carbonyl (C=O) groups is 1. The number of furan rings is 1. The molecular formula is C26H29N3O3. The SMILES string of the molecule is Cc1cccc(OCCCCn2c([C@H](C)NC(=O)c3ccco3)nc3ccccc32)c1C. The largest absolute Gasteiger partial charge is 0.493 e. The number of para-hydroxylation sites is 2. The zero-order chi connectivity index (χ0) is 22.5. The van der Waals surface area contributed by atoms with Gasteiger partial charge in [0.05, 0.1) is 29.9 Å². The lowest BCUT2D eigenvalue weighted by atomic mass is 10.1. The molecule has 0 aliphatic rings. The van der Waals surface area contributed by atoms with E-state index >= 15 is 0 Å². The summed E-state index contributed by atoms with van der Waals surface area (Å²) >= 11 is 0. The number of amides is 1. The number of unbranched alkanes of at least 4 members (excludes halogenated alkanes) is 1. The molecule has 166 valence electrons. The molecule has 4 aromatic rings. The molecule has 4 rings (SSSR count). The Morgan fingerprint density at radius 1 is 1.09 bits per heavy atom. The summed E-state index contributed by atoms with van der Waals surface area (Å²) in [5.41, 5.74) is 4.42. The van der Waals surface area contributed by atoms with Crippen molar-refractivity contribution in [3.05, 3.63) is 83.6 Å². The average molecular weight is 432 g/mol. The Bertz CT molecular complexity index is 1190. The summed E-state index contributed by atoms with van der Waals surface area (Å²) in [6.07, 6.45) is 3.36. The van der Waals surface area contributed by atoms with Crippen LogP contribution in [0.25, 0.3) is 11.0 Å². The molecule has 0 aliphatic heterocycles. The first kappa shape index (κ1) is 21.7. The summed E-state index contributed by atoms with van der Waals surface area (Å²) in [5, 5.41) is 2.99. The predicted molar refractivity (Wildman–Crippen MR) is 125 cm³/mol. The van der Waals surface area contributed by atoms with Crippen LogP contribution in [0.1, 0.15) is 53.3 Å². The normalized spacial score (nSPS) is 12.1.